The summed E-state index contributed by atoms with van der Waals surface area (Å²) in [7, 11) is 0. The van der Waals surface area contributed by atoms with Crippen LogP contribution in [0.1, 0.15) is 5.69 Å². The van der Waals surface area contributed by atoms with E-state index >= 15 is 0 Å². The van der Waals surface area contributed by atoms with Gasteiger partial charge in [0.25, 0.3) is 0 Å². The summed E-state index contributed by atoms with van der Waals surface area (Å²) in [6.45, 7) is 0. The molecule has 5 nitrogen and oxygen atoms in total. The Morgan fingerprint density at radius 1 is 1.25 bits per heavy atom. The van der Waals surface area contributed by atoms with Crippen molar-refractivity contribution in [2.45, 2.75) is 3.79 Å². The van der Waals surface area contributed by atoms with Crippen molar-refractivity contribution < 1.29 is 0 Å². The van der Waals surface area contributed by atoms with Crippen LogP contribution in [0.2, 0.25) is 10.3 Å². The monoisotopic (exact) mass is 320 g/mol. The van der Waals surface area contributed by atoms with Crippen LogP contribution in [0.5, 0.6) is 0 Å². The maximum atomic E-state index is 11.4. The highest BCUT2D eigenvalue weighted by molar-refractivity contribution is 6.67. The number of H-pyrrole nitrogens is 1. The molecular formula is C6HCl5N4O. The van der Waals surface area contributed by atoms with Gasteiger partial charge in [-0.25, -0.2) is 4.79 Å². The molecule has 16 heavy (non-hydrogen) atoms. The first kappa shape index (κ1) is 12.3. The number of rotatable bonds is 0. The lowest BCUT2D eigenvalue weighted by atomic mass is 10.5. The highest BCUT2D eigenvalue weighted by Gasteiger charge is 2.32. The normalized spacial score (nSPS) is 12.3. The molecule has 0 unspecified atom stereocenters. The third-order valence-corrected chi connectivity index (χ3v) is 2.74. The number of aromatic amines is 1. The van der Waals surface area contributed by atoms with Crippen molar-refractivity contribution in [1.82, 2.24) is 19.6 Å². The Bertz CT molecular complexity index is 612. The zero-order chi connectivity index (χ0) is 12.1. The summed E-state index contributed by atoms with van der Waals surface area (Å²) < 4.78 is -0.977. The topological polar surface area (TPSA) is 63.0 Å². The van der Waals surface area contributed by atoms with Crippen LogP contribution in [0.25, 0.3) is 5.65 Å². The Hall–Kier alpha value is -0.200. The second-order valence-corrected chi connectivity index (χ2v) is 5.75. The van der Waals surface area contributed by atoms with Crippen LogP contribution >= 0.6 is 58.0 Å². The summed E-state index contributed by atoms with van der Waals surface area (Å²) in [5, 5.41) is 3.58. The summed E-state index contributed by atoms with van der Waals surface area (Å²) in [5.74, 6) is 0. The third-order valence-electron chi connectivity index (χ3n) is 1.68. The molecule has 10 heteroatoms. The molecule has 0 saturated carbocycles. The smallest absolute Gasteiger partial charge is 0.280 e. The predicted octanol–water partition coefficient (Wildman–Crippen LogP) is 2.55. The van der Waals surface area contributed by atoms with Crippen molar-refractivity contribution in [2.75, 3.05) is 0 Å². The fourth-order valence-corrected chi connectivity index (χ4v) is 2.08. The van der Waals surface area contributed by atoms with E-state index in [-0.39, 0.29) is 21.6 Å². The maximum absolute atomic E-state index is 11.4. The van der Waals surface area contributed by atoms with Crippen LogP contribution in [0, 0.1) is 0 Å². The third kappa shape index (κ3) is 1.98. The van der Waals surface area contributed by atoms with Crippen LogP contribution in [-0.4, -0.2) is 19.6 Å². The van der Waals surface area contributed by atoms with Crippen molar-refractivity contribution in [2.24, 2.45) is 0 Å². The van der Waals surface area contributed by atoms with E-state index in [9.17, 15) is 4.79 Å². The molecule has 0 bridgehead atoms. The van der Waals surface area contributed by atoms with Crippen molar-refractivity contribution in [3.8, 4) is 0 Å². The predicted molar refractivity (Wildman–Crippen MR) is 62.9 cm³/mol. The molecule has 2 heterocycles. The Balaban J connectivity index is 2.89. The van der Waals surface area contributed by atoms with Crippen LogP contribution in [0.3, 0.4) is 0 Å². The van der Waals surface area contributed by atoms with Gasteiger partial charge in [0.05, 0.1) is 0 Å². The molecular weight excluding hydrogens is 321 g/mol. The molecule has 0 amide bonds. The lowest BCUT2D eigenvalue weighted by Crippen LogP contribution is -2.18. The number of alkyl halides is 3. The van der Waals surface area contributed by atoms with E-state index in [0.717, 1.165) is 4.52 Å². The average molecular weight is 322 g/mol. The van der Waals surface area contributed by atoms with Gasteiger partial charge in [-0.05, 0) is 11.6 Å². The van der Waals surface area contributed by atoms with Gasteiger partial charge in [-0.1, -0.05) is 46.4 Å². The van der Waals surface area contributed by atoms with Gasteiger partial charge in [-0.3, -0.25) is 4.98 Å². The molecule has 0 spiro atoms. The van der Waals surface area contributed by atoms with Crippen molar-refractivity contribution in [3.63, 3.8) is 0 Å². The molecule has 0 saturated heterocycles. The molecule has 2 aromatic rings. The van der Waals surface area contributed by atoms with Gasteiger partial charge in [0.1, 0.15) is 10.7 Å². The summed E-state index contributed by atoms with van der Waals surface area (Å²) in [4.78, 5) is 17.4. The minimum atomic E-state index is -1.84. The second kappa shape index (κ2) is 3.92. The lowest BCUT2D eigenvalue weighted by Gasteiger charge is -2.05. The molecule has 0 aliphatic heterocycles. The number of hydrogen-bond acceptors (Lipinski definition) is 3. The van der Waals surface area contributed by atoms with E-state index in [0.29, 0.717) is 0 Å². The highest BCUT2D eigenvalue weighted by atomic mass is 35.6. The van der Waals surface area contributed by atoms with Gasteiger partial charge >= 0.3 is 5.69 Å². The van der Waals surface area contributed by atoms with E-state index in [4.69, 9.17) is 58.0 Å². The van der Waals surface area contributed by atoms with E-state index in [1.165, 1.54) is 0 Å². The first-order valence-electron chi connectivity index (χ1n) is 3.72. The Morgan fingerprint density at radius 3 is 2.44 bits per heavy atom. The van der Waals surface area contributed by atoms with E-state index < -0.39 is 9.48 Å². The number of nitrogens with zero attached hydrogens (tertiary/aromatic N) is 3. The lowest BCUT2D eigenvalue weighted by molar-refractivity contribution is 0.818. The second-order valence-electron chi connectivity index (χ2n) is 2.73. The Labute approximate surface area is 113 Å². The summed E-state index contributed by atoms with van der Waals surface area (Å²) in [6.07, 6.45) is 0. The van der Waals surface area contributed by atoms with Gasteiger partial charge in [-0.15, -0.1) is 0 Å². The van der Waals surface area contributed by atoms with Gasteiger partial charge in [-0.2, -0.15) is 14.6 Å². The molecule has 0 aliphatic carbocycles. The largest absolute Gasteiger partial charge is 0.350 e. The summed E-state index contributed by atoms with van der Waals surface area (Å²) >= 11 is 28.3. The first-order valence-corrected chi connectivity index (χ1v) is 5.61. The number of hydrogen-bond donors (Lipinski definition) is 1. The van der Waals surface area contributed by atoms with Crippen molar-refractivity contribution >= 4 is 63.7 Å². The van der Waals surface area contributed by atoms with E-state index in [2.05, 4.69) is 15.1 Å². The van der Waals surface area contributed by atoms with Crippen LogP contribution in [0.4, 0.5) is 0 Å². The number of fused-ring (bicyclic) bond motifs is 1. The highest BCUT2D eigenvalue weighted by Crippen LogP contribution is 2.41. The number of aromatic nitrogens is 4. The molecule has 0 aromatic carbocycles. The molecule has 0 radical (unpaired) electrons. The van der Waals surface area contributed by atoms with Gasteiger partial charge in [0.15, 0.2) is 5.65 Å². The minimum Gasteiger partial charge on any atom is -0.280 e. The van der Waals surface area contributed by atoms with Crippen molar-refractivity contribution in [3.05, 3.63) is 26.5 Å². The molecule has 2 rings (SSSR count). The van der Waals surface area contributed by atoms with E-state index in [1.807, 2.05) is 0 Å². The fraction of sp³-hybridized carbons (Fsp3) is 0.167. The number of halogens is 5. The zero-order valence-electron chi connectivity index (χ0n) is 7.14. The van der Waals surface area contributed by atoms with Crippen LogP contribution < -0.4 is 5.69 Å². The first-order chi connectivity index (χ1) is 7.30. The quantitative estimate of drug-likeness (QED) is 0.758. The Kier molecular flexibility index (Phi) is 3.01. The molecule has 0 atom stereocenters. The SMILES string of the molecule is O=c1[nH]c(Cl)nc2c(Cl)c(C(Cl)(Cl)Cl)nn12. The number of nitrogens with one attached hydrogen (secondary N) is 1. The molecule has 1 N–H and O–H groups in total. The molecule has 2 aromatic heterocycles. The van der Waals surface area contributed by atoms with Crippen molar-refractivity contribution in [1.29, 1.82) is 0 Å². The minimum absolute atomic E-state index is 0.0248. The summed E-state index contributed by atoms with van der Waals surface area (Å²) in [6, 6.07) is 0. The summed E-state index contributed by atoms with van der Waals surface area (Å²) in [5.41, 5.74) is -0.687. The van der Waals surface area contributed by atoms with Gasteiger partial charge in [0, 0.05) is 0 Å². The molecule has 0 aliphatic rings. The zero-order valence-corrected chi connectivity index (χ0v) is 10.9. The van der Waals surface area contributed by atoms with Gasteiger partial charge in [0.2, 0.25) is 9.08 Å². The van der Waals surface area contributed by atoms with E-state index in [1.54, 1.807) is 0 Å². The average Bonchev–Trinajstić information content (AvgIpc) is 2.43. The maximum Gasteiger partial charge on any atom is 0.350 e. The molecule has 86 valence electrons. The molecule has 0 fully saturated rings. The van der Waals surface area contributed by atoms with Gasteiger partial charge < -0.3 is 0 Å². The van der Waals surface area contributed by atoms with Crippen LogP contribution in [-0.2, 0) is 3.79 Å². The Morgan fingerprint density at radius 2 is 1.88 bits per heavy atom. The standard InChI is InChI=1S/C6HCl5N4O/c7-1-2(6(9,10)11)14-15-3(1)12-4(8)13-5(15)16/h(H,12,13,16). The fourth-order valence-electron chi connectivity index (χ4n) is 1.07. The van der Waals surface area contributed by atoms with Crippen LogP contribution in [0.15, 0.2) is 4.79 Å².